The minimum atomic E-state index is -0.731. The molecule has 0 bridgehead atoms. The van der Waals surface area contributed by atoms with Gasteiger partial charge in [0.25, 0.3) is 0 Å². The van der Waals surface area contributed by atoms with Crippen LogP contribution >= 0.6 is 0 Å². The lowest BCUT2D eigenvalue weighted by Gasteiger charge is -2.21. The van der Waals surface area contributed by atoms with E-state index in [0.29, 0.717) is 18.2 Å². The monoisotopic (exact) mass is 395 g/mol. The van der Waals surface area contributed by atoms with Gasteiger partial charge in [-0.25, -0.2) is 9.97 Å². The maximum absolute atomic E-state index is 10.5. The number of anilines is 1. The summed E-state index contributed by atoms with van der Waals surface area (Å²) in [6, 6.07) is 15.4. The Balaban J connectivity index is 1.61. The highest BCUT2D eigenvalue weighted by Crippen LogP contribution is 2.28. The topological polar surface area (TPSA) is 85.7 Å². The van der Waals surface area contributed by atoms with E-state index in [-0.39, 0.29) is 12.6 Å². The van der Waals surface area contributed by atoms with Crippen molar-refractivity contribution in [3.8, 4) is 17.1 Å². The van der Waals surface area contributed by atoms with E-state index in [1.165, 1.54) is 0 Å². The average molecular weight is 395 g/mol. The fourth-order valence-corrected chi connectivity index (χ4v) is 3.34. The normalized spacial score (nSPS) is 19.2. The van der Waals surface area contributed by atoms with Crippen LogP contribution in [0.2, 0.25) is 0 Å². The number of aliphatic hydroxyl groups is 1. The molecule has 1 aromatic heterocycles. The van der Waals surface area contributed by atoms with E-state index in [2.05, 4.69) is 5.32 Å². The van der Waals surface area contributed by atoms with Gasteiger partial charge in [-0.15, -0.1) is 0 Å². The van der Waals surface area contributed by atoms with Crippen molar-refractivity contribution < 1.29 is 19.3 Å². The summed E-state index contributed by atoms with van der Waals surface area (Å²) in [5.74, 6) is 1.31. The van der Waals surface area contributed by atoms with Gasteiger partial charge in [-0.3, -0.25) is 0 Å². The number of rotatable bonds is 6. The molecule has 2 heterocycles. The van der Waals surface area contributed by atoms with Crippen LogP contribution < -0.4 is 10.1 Å². The number of aromatic nitrogens is 2. The van der Waals surface area contributed by atoms with Gasteiger partial charge in [0.05, 0.1) is 25.3 Å². The Hall–Kier alpha value is -2.74. The third-order valence-electron chi connectivity index (χ3n) is 4.87. The van der Waals surface area contributed by atoms with Gasteiger partial charge in [-0.05, 0) is 38.1 Å². The zero-order chi connectivity index (χ0) is 20.4. The van der Waals surface area contributed by atoms with Crippen LogP contribution in [0.5, 0.6) is 5.75 Å². The fourth-order valence-electron chi connectivity index (χ4n) is 3.34. The van der Waals surface area contributed by atoms with Crippen molar-refractivity contribution in [3.05, 3.63) is 48.5 Å². The van der Waals surface area contributed by atoms with E-state index in [1.54, 1.807) is 7.11 Å². The molecule has 1 saturated heterocycles. The number of hydrogen-bond acceptors (Lipinski definition) is 7. The van der Waals surface area contributed by atoms with Crippen LogP contribution in [0.25, 0.3) is 22.3 Å². The first kappa shape index (κ1) is 19.6. The Morgan fingerprint density at radius 3 is 2.79 bits per heavy atom. The Labute approximate surface area is 169 Å². The van der Waals surface area contributed by atoms with Crippen molar-refractivity contribution >= 4 is 16.7 Å². The molecule has 7 nitrogen and oxygen atoms in total. The molecule has 1 fully saturated rings. The maximum atomic E-state index is 10.5. The third-order valence-corrected chi connectivity index (χ3v) is 4.87. The number of ether oxygens (including phenoxy) is 3. The molecule has 1 unspecified atom stereocenters. The van der Waals surface area contributed by atoms with E-state index in [4.69, 9.17) is 24.2 Å². The summed E-state index contributed by atoms with van der Waals surface area (Å²) in [7, 11) is 1.63. The molecule has 7 heteroatoms. The summed E-state index contributed by atoms with van der Waals surface area (Å²) in [4.78, 5) is 9.40. The largest absolute Gasteiger partial charge is 0.497 e. The lowest BCUT2D eigenvalue weighted by Crippen LogP contribution is -2.36. The van der Waals surface area contributed by atoms with E-state index in [9.17, 15) is 5.11 Å². The van der Waals surface area contributed by atoms with Crippen molar-refractivity contribution in [1.29, 1.82) is 0 Å². The number of benzene rings is 2. The molecule has 2 N–H and O–H groups in total. The van der Waals surface area contributed by atoms with Gasteiger partial charge >= 0.3 is 0 Å². The van der Waals surface area contributed by atoms with Gasteiger partial charge in [-0.1, -0.05) is 24.3 Å². The second-order valence-electron chi connectivity index (χ2n) is 7.46. The number of methoxy groups -OCH3 is 1. The first-order valence-electron chi connectivity index (χ1n) is 9.60. The molecule has 0 saturated carbocycles. The van der Waals surface area contributed by atoms with Crippen molar-refractivity contribution in [2.24, 2.45) is 0 Å². The SMILES string of the molecule is COc1cccc(-c2nc(NCC(O)[C@H]3COC(C)(C)O3)c3ccccc3n2)c1. The van der Waals surface area contributed by atoms with Crippen LogP contribution in [0.1, 0.15) is 13.8 Å². The van der Waals surface area contributed by atoms with E-state index >= 15 is 0 Å². The van der Waals surface area contributed by atoms with Crippen molar-refractivity contribution in [1.82, 2.24) is 9.97 Å². The molecular formula is C22H25N3O4. The van der Waals surface area contributed by atoms with Gasteiger partial charge in [0, 0.05) is 17.5 Å². The van der Waals surface area contributed by atoms with Gasteiger partial charge in [-0.2, -0.15) is 0 Å². The second-order valence-corrected chi connectivity index (χ2v) is 7.46. The molecular weight excluding hydrogens is 370 g/mol. The first-order valence-corrected chi connectivity index (χ1v) is 9.60. The molecule has 0 spiro atoms. The molecule has 2 aromatic carbocycles. The lowest BCUT2D eigenvalue weighted by atomic mass is 10.1. The molecule has 0 radical (unpaired) electrons. The minimum absolute atomic E-state index is 0.280. The molecule has 4 rings (SSSR count). The smallest absolute Gasteiger partial charge is 0.163 e. The predicted octanol–water partition coefficient (Wildman–Crippen LogP) is 3.23. The molecule has 0 amide bonds. The zero-order valence-corrected chi connectivity index (χ0v) is 16.8. The zero-order valence-electron chi connectivity index (χ0n) is 16.8. The van der Waals surface area contributed by atoms with Crippen LogP contribution in [0.15, 0.2) is 48.5 Å². The van der Waals surface area contributed by atoms with E-state index in [1.807, 2.05) is 62.4 Å². The van der Waals surface area contributed by atoms with Crippen LogP contribution in [-0.4, -0.2) is 53.3 Å². The van der Waals surface area contributed by atoms with Crippen LogP contribution in [0, 0.1) is 0 Å². The molecule has 1 aliphatic heterocycles. The summed E-state index contributed by atoms with van der Waals surface area (Å²) in [5.41, 5.74) is 1.67. The standard InChI is InChI=1S/C22H25N3O4/c1-22(2)28-13-19(29-22)18(26)12-23-21-16-9-4-5-10-17(16)24-20(25-21)14-7-6-8-15(11-14)27-3/h4-11,18-19,26H,12-13H2,1-3H3,(H,23,24,25)/t18?,19-/m1/s1. The lowest BCUT2D eigenvalue weighted by molar-refractivity contribution is -0.149. The average Bonchev–Trinajstić information content (AvgIpc) is 3.11. The number of nitrogens with zero attached hydrogens (tertiary/aromatic N) is 2. The van der Waals surface area contributed by atoms with Gasteiger partial charge < -0.3 is 24.6 Å². The fraction of sp³-hybridized carbons (Fsp3) is 0.364. The van der Waals surface area contributed by atoms with E-state index in [0.717, 1.165) is 22.2 Å². The van der Waals surface area contributed by atoms with Crippen molar-refractivity contribution in [2.45, 2.75) is 31.8 Å². The minimum Gasteiger partial charge on any atom is -0.497 e. The number of nitrogens with one attached hydrogen (secondary N) is 1. The number of aliphatic hydroxyl groups excluding tert-OH is 1. The highest BCUT2D eigenvalue weighted by atomic mass is 16.7. The maximum Gasteiger partial charge on any atom is 0.163 e. The highest BCUT2D eigenvalue weighted by Gasteiger charge is 2.36. The number of para-hydroxylation sites is 1. The molecule has 29 heavy (non-hydrogen) atoms. The van der Waals surface area contributed by atoms with Crippen molar-refractivity contribution in [2.75, 3.05) is 25.6 Å². The summed E-state index contributed by atoms with van der Waals surface area (Å²) in [6.07, 6.45) is -1.12. The van der Waals surface area contributed by atoms with Crippen LogP contribution in [0.4, 0.5) is 5.82 Å². The van der Waals surface area contributed by atoms with Gasteiger partial charge in [0.15, 0.2) is 11.6 Å². The summed E-state index contributed by atoms with van der Waals surface area (Å²) >= 11 is 0. The molecule has 0 aliphatic carbocycles. The molecule has 2 atom stereocenters. The van der Waals surface area contributed by atoms with Crippen molar-refractivity contribution in [3.63, 3.8) is 0 Å². The molecule has 152 valence electrons. The Kier molecular flexibility index (Phi) is 5.36. The van der Waals surface area contributed by atoms with Crippen LogP contribution in [-0.2, 0) is 9.47 Å². The summed E-state index contributed by atoms with van der Waals surface area (Å²) in [6.45, 7) is 4.31. The Morgan fingerprint density at radius 2 is 2.03 bits per heavy atom. The Bertz CT molecular complexity index is 1010. The number of fused-ring (bicyclic) bond motifs is 1. The molecule has 3 aromatic rings. The quantitative estimate of drug-likeness (QED) is 0.663. The van der Waals surface area contributed by atoms with Gasteiger partial charge in [0.1, 0.15) is 17.7 Å². The van der Waals surface area contributed by atoms with Crippen LogP contribution in [0.3, 0.4) is 0 Å². The predicted molar refractivity (Wildman–Crippen MR) is 111 cm³/mol. The number of hydrogen-bond donors (Lipinski definition) is 2. The summed E-state index contributed by atoms with van der Waals surface area (Å²) < 4.78 is 16.6. The summed E-state index contributed by atoms with van der Waals surface area (Å²) in [5, 5.41) is 14.7. The van der Waals surface area contributed by atoms with Gasteiger partial charge in [0.2, 0.25) is 0 Å². The first-order chi connectivity index (χ1) is 13.9. The highest BCUT2D eigenvalue weighted by molar-refractivity contribution is 5.90. The molecule has 1 aliphatic rings. The third kappa shape index (κ3) is 4.32. The Morgan fingerprint density at radius 1 is 1.21 bits per heavy atom. The second kappa shape index (κ2) is 7.94. The van der Waals surface area contributed by atoms with E-state index < -0.39 is 11.9 Å².